The lowest BCUT2D eigenvalue weighted by molar-refractivity contribution is 0.0702. The molecule has 1 atom stereocenters. The third-order valence-electron chi connectivity index (χ3n) is 4.93. The van der Waals surface area contributed by atoms with Gasteiger partial charge in [-0.1, -0.05) is 35.1 Å². The second-order valence-corrected chi connectivity index (χ2v) is 8.49. The Balaban J connectivity index is 1.44. The van der Waals surface area contributed by atoms with Crippen LogP contribution in [0.5, 0.6) is 0 Å². The van der Waals surface area contributed by atoms with E-state index in [0.717, 1.165) is 30.7 Å². The fraction of sp³-hybridized carbons (Fsp3) is 0.350. The Hall–Kier alpha value is -2.38. The van der Waals surface area contributed by atoms with Crippen LogP contribution in [0.1, 0.15) is 51.3 Å². The predicted molar refractivity (Wildman–Crippen MR) is 110 cm³/mol. The number of carbonyl (C=O) groups excluding carboxylic acids is 1. The molecule has 0 aliphatic carbocycles. The van der Waals surface area contributed by atoms with Crippen LogP contribution in [-0.2, 0) is 6.42 Å². The molecule has 1 amide bonds. The van der Waals surface area contributed by atoms with E-state index in [0.29, 0.717) is 39.6 Å². The number of benzene rings is 1. The van der Waals surface area contributed by atoms with Gasteiger partial charge in [0, 0.05) is 24.5 Å². The maximum atomic E-state index is 12.9. The zero-order valence-corrected chi connectivity index (χ0v) is 17.1. The number of rotatable bonds is 4. The van der Waals surface area contributed by atoms with Crippen molar-refractivity contribution >= 4 is 34.0 Å². The first-order valence-electron chi connectivity index (χ1n) is 9.21. The number of hydrogen-bond donors (Lipinski definition) is 1. The summed E-state index contributed by atoms with van der Waals surface area (Å²) in [6.45, 7) is 3.14. The smallest absolute Gasteiger partial charge is 0.265 e. The van der Waals surface area contributed by atoms with Crippen LogP contribution in [0.15, 0.2) is 34.9 Å². The fourth-order valence-electron chi connectivity index (χ4n) is 3.52. The molecule has 1 aromatic carbocycles. The van der Waals surface area contributed by atoms with Crippen molar-refractivity contribution in [2.45, 2.75) is 32.1 Å². The molecule has 2 N–H and O–H groups in total. The summed E-state index contributed by atoms with van der Waals surface area (Å²) < 4.78 is 6.01. The maximum absolute atomic E-state index is 12.9. The molecule has 6 nitrogen and oxygen atoms in total. The van der Waals surface area contributed by atoms with E-state index in [1.807, 2.05) is 36.1 Å². The number of likely N-dealkylation sites (tertiary alicyclic amines) is 1. The van der Waals surface area contributed by atoms with Gasteiger partial charge < -0.3 is 15.1 Å². The van der Waals surface area contributed by atoms with Crippen LogP contribution in [0.25, 0.3) is 0 Å². The molecule has 1 fully saturated rings. The summed E-state index contributed by atoms with van der Waals surface area (Å²) in [5, 5.41) is 1.14. The molecule has 3 aromatic rings. The number of aryl methyl sites for hydroxylation is 1. The first-order valence-corrected chi connectivity index (χ1v) is 10.4. The maximum Gasteiger partial charge on any atom is 0.265 e. The van der Waals surface area contributed by atoms with Gasteiger partial charge in [0.2, 0.25) is 0 Å². The number of hydrogen-bond acceptors (Lipinski definition) is 6. The third kappa shape index (κ3) is 4.05. The number of oxazole rings is 1. The van der Waals surface area contributed by atoms with Crippen LogP contribution < -0.4 is 5.73 Å². The number of piperidine rings is 1. The number of anilines is 1. The minimum atomic E-state index is -0.00987. The number of aromatic nitrogens is 2. The predicted octanol–water partition coefficient (Wildman–Crippen LogP) is 4.29. The van der Waals surface area contributed by atoms with Crippen LogP contribution >= 0.6 is 22.9 Å². The van der Waals surface area contributed by atoms with Gasteiger partial charge in [0.1, 0.15) is 10.6 Å². The molecule has 0 spiro atoms. The van der Waals surface area contributed by atoms with E-state index in [4.69, 9.17) is 21.8 Å². The zero-order chi connectivity index (χ0) is 19.7. The first-order chi connectivity index (χ1) is 13.5. The Morgan fingerprint density at radius 3 is 2.89 bits per heavy atom. The van der Waals surface area contributed by atoms with Crippen LogP contribution in [0, 0.1) is 6.92 Å². The second-order valence-electron chi connectivity index (χ2n) is 7.03. The lowest BCUT2D eigenvalue weighted by atomic mass is 9.98. The number of halogens is 1. The lowest BCUT2D eigenvalue weighted by Gasteiger charge is -2.31. The summed E-state index contributed by atoms with van der Waals surface area (Å²) in [5.41, 5.74) is 7.55. The Kier molecular flexibility index (Phi) is 5.37. The SMILES string of the molecule is Cc1nc(N)sc1C(=O)N1CCC[C@@H](c2ncc(Cc3ccc(Cl)cc3)o2)C1. The van der Waals surface area contributed by atoms with E-state index in [1.54, 1.807) is 6.20 Å². The minimum absolute atomic E-state index is 0.00987. The highest BCUT2D eigenvalue weighted by Gasteiger charge is 2.30. The van der Waals surface area contributed by atoms with Crippen molar-refractivity contribution in [3.05, 3.63) is 63.3 Å². The third-order valence-corrected chi connectivity index (χ3v) is 6.15. The molecular formula is C20H21ClN4O2S. The lowest BCUT2D eigenvalue weighted by Crippen LogP contribution is -2.39. The van der Waals surface area contributed by atoms with Gasteiger partial charge in [-0.2, -0.15) is 0 Å². The molecule has 1 aliphatic heterocycles. The molecule has 1 saturated heterocycles. The topological polar surface area (TPSA) is 85.2 Å². The van der Waals surface area contributed by atoms with E-state index in [2.05, 4.69) is 9.97 Å². The van der Waals surface area contributed by atoms with Gasteiger partial charge in [-0.15, -0.1) is 0 Å². The van der Waals surface area contributed by atoms with Gasteiger partial charge >= 0.3 is 0 Å². The van der Waals surface area contributed by atoms with Crippen molar-refractivity contribution in [3.8, 4) is 0 Å². The Morgan fingerprint density at radius 1 is 1.39 bits per heavy atom. The van der Waals surface area contributed by atoms with Gasteiger partial charge in [0.15, 0.2) is 11.0 Å². The van der Waals surface area contributed by atoms with Gasteiger partial charge in [-0.05, 0) is 37.5 Å². The molecule has 28 heavy (non-hydrogen) atoms. The first kappa shape index (κ1) is 19.0. The summed E-state index contributed by atoms with van der Waals surface area (Å²) in [7, 11) is 0. The highest BCUT2D eigenvalue weighted by atomic mass is 35.5. The molecule has 0 saturated carbocycles. The van der Waals surface area contributed by atoms with E-state index < -0.39 is 0 Å². The van der Waals surface area contributed by atoms with Crippen molar-refractivity contribution in [3.63, 3.8) is 0 Å². The van der Waals surface area contributed by atoms with Crippen molar-refractivity contribution < 1.29 is 9.21 Å². The van der Waals surface area contributed by atoms with Crippen molar-refractivity contribution in [2.24, 2.45) is 0 Å². The zero-order valence-electron chi connectivity index (χ0n) is 15.5. The summed E-state index contributed by atoms with van der Waals surface area (Å²) >= 11 is 7.18. The summed E-state index contributed by atoms with van der Waals surface area (Å²) in [5.74, 6) is 1.60. The fourth-order valence-corrected chi connectivity index (χ4v) is 4.45. The largest absolute Gasteiger partial charge is 0.445 e. The van der Waals surface area contributed by atoms with Crippen molar-refractivity contribution in [1.29, 1.82) is 0 Å². The van der Waals surface area contributed by atoms with Crippen LogP contribution in [0.2, 0.25) is 5.02 Å². The Morgan fingerprint density at radius 2 is 2.18 bits per heavy atom. The summed E-state index contributed by atoms with van der Waals surface area (Å²) in [6, 6.07) is 7.70. The average Bonchev–Trinajstić information content (AvgIpc) is 3.29. The van der Waals surface area contributed by atoms with Gasteiger partial charge in [-0.25, -0.2) is 9.97 Å². The summed E-state index contributed by atoms with van der Waals surface area (Å²) in [4.78, 5) is 24.0. The van der Waals surface area contributed by atoms with E-state index >= 15 is 0 Å². The van der Waals surface area contributed by atoms with Gasteiger partial charge in [0.05, 0.1) is 17.8 Å². The molecule has 0 bridgehead atoms. The quantitative estimate of drug-likeness (QED) is 0.685. The Labute approximate surface area is 172 Å². The number of nitrogen functional groups attached to an aromatic ring is 1. The van der Waals surface area contributed by atoms with Crippen molar-refractivity contribution in [2.75, 3.05) is 18.8 Å². The van der Waals surface area contributed by atoms with E-state index in [-0.39, 0.29) is 11.8 Å². The molecular weight excluding hydrogens is 396 g/mol. The number of amides is 1. The van der Waals surface area contributed by atoms with Crippen LogP contribution in [-0.4, -0.2) is 33.9 Å². The molecule has 3 heterocycles. The normalized spacial score (nSPS) is 17.1. The van der Waals surface area contributed by atoms with Crippen LogP contribution in [0.3, 0.4) is 0 Å². The van der Waals surface area contributed by atoms with E-state index in [1.165, 1.54) is 11.3 Å². The average molecular weight is 417 g/mol. The summed E-state index contributed by atoms with van der Waals surface area (Å²) in [6.07, 6.45) is 4.31. The number of nitrogens with two attached hydrogens (primary N) is 1. The number of carbonyl (C=O) groups is 1. The van der Waals surface area contributed by atoms with Crippen LogP contribution in [0.4, 0.5) is 5.13 Å². The molecule has 2 aromatic heterocycles. The molecule has 4 rings (SSSR count). The molecule has 146 valence electrons. The number of nitrogens with zero attached hydrogens (tertiary/aromatic N) is 3. The monoisotopic (exact) mass is 416 g/mol. The molecule has 0 unspecified atom stereocenters. The Bertz CT molecular complexity index is 983. The van der Waals surface area contributed by atoms with E-state index in [9.17, 15) is 4.79 Å². The van der Waals surface area contributed by atoms with Crippen molar-refractivity contribution in [1.82, 2.24) is 14.9 Å². The van der Waals surface area contributed by atoms with Gasteiger partial charge in [-0.3, -0.25) is 4.79 Å². The standard InChI is InChI=1S/C20H21ClN4O2S/c1-12-17(28-20(22)24-12)19(26)25-8-2-3-14(11-25)18-23-10-16(27-18)9-13-4-6-15(21)7-5-13/h4-7,10,14H,2-3,8-9,11H2,1H3,(H2,22,24)/t14-/m1/s1. The molecule has 8 heteroatoms. The highest BCUT2D eigenvalue weighted by Crippen LogP contribution is 2.30. The van der Waals surface area contributed by atoms with Gasteiger partial charge in [0.25, 0.3) is 5.91 Å². The number of thiazole rings is 1. The second kappa shape index (κ2) is 7.93. The molecule has 1 aliphatic rings. The minimum Gasteiger partial charge on any atom is -0.445 e. The highest BCUT2D eigenvalue weighted by molar-refractivity contribution is 7.17. The molecule has 0 radical (unpaired) electrons.